The Labute approximate surface area is 124 Å². The topological polar surface area (TPSA) is 46.6 Å². The fraction of sp³-hybridized carbons (Fsp3) is 0.500. The van der Waals surface area contributed by atoms with Crippen LogP contribution in [0.5, 0.6) is 0 Å². The number of ether oxygens (including phenoxy) is 1. The lowest BCUT2D eigenvalue weighted by atomic mass is 10.0. The van der Waals surface area contributed by atoms with Crippen molar-refractivity contribution in [1.82, 2.24) is 4.90 Å². The number of hydrogen-bond acceptors (Lipinski definition) is 3. The van der Waals surface area contributed by atoms with Gasteiger partial charge in [0.05, 0.1) is 6.04 Å². The van der Waals surface area contributed by atoms with Crippen LogP contribution in [0.15, 0.2) is 24.3 Å². The summed E-state index contributed by atoms with van der Waals surface area (Å²) < 4.78 is 18.2. The van der Waals surface area contributed by atoms with E-state index in [0.29, 0.717) is 12.0 Å². The van der Waals surface area contributed by atoms with Crippen LogP contribution in [0.1, 0.15) is 44.5 Å². The molecule has 0 aromatic heterocycles. The third-order valence-corrected chi connectivity index (χ3v) is 2.97. The largest absolute Gasteiger partial charge is 0.444 e. The summed E-state index contributed by atoms with van der Waals surface area (Å²) >= 11 is 0. The van der Waals surface area contributed by atoms with Gasteiger partial charge in [0.15, 0.2) is 5.78 Å². The number of benzene rings is 1. The zero-order valence-corrected chi connectivity index (χ0v) is 13.1. The molecule has 0 aliphatic carbocycles. The maximum atomic E-state index is 12.9. The number of rotatable bonds is 4. The second kappa shape index (κ2) is 6.70. The van der Waals surface area contributed by atoms with Crippen LogP contribution in [0.3, 0.4) is 0 Å². The van der Waals surface area contributed by atoms with Crippen LogP contribution in [-0.2, 0) is 4.74 Å². The number of halogens is 1. The molecule has 0 bridgehead atoms. The van der Waals surface area contributed by atoms with Gasteiger partial charge >= 0.3 is 6.09 Å². The number of carbonyl (C=O) groups excluding carboxylic acids is 2. The Morgan fingerprint density at radius 3 is 2.19 bits per heavy atom. The molecular weight excluding hydrogens is 273 g/mol. The zero-order chi connectivity index (χ0) is 16.2. The average Bonchev–Trinajstić information content (AvgIpc) is 2.38. The lowest BCUT2D eigenvalue weighted by Crippen LogP contribution is -2.44. The first kappa shape index (κ1) is 17.1. The van der Waals surface area contributed by atoms with Crippen LogP contribution in [0.2, 0.25) is 0 Å². The lowest BCUT2D eigenvalue weighted by molar-refractivity contribution is 0.0214. The van der Waals surface area contributed by atoms with E-state index in [1.54, 1.807) is 20.8 Å². The molecule has 116 valence electrons. The van der Waals surface area contributed by atoms with Gasteiger partial charge in [0, 0.05) is 12.6 Å². The van der Waals surface area contributed by atoms with Gasteiger partial charge < -0.3 is 9.64 Å². The van der Waals surface area contributed by atoms with Gasteiger partial charge in [-0.25, -0.2) is 9.18 Å². The number of amides is 1. The molecule has 0 aliphatic heterocycles. The smallest absolute Gasteiger partial charge is 0.410 e. The minimum atomic E-state index is -0.634. The first-order chi connectivity index (χ1) is 9.65. The molecule has 0 N–H and O–H groups in total. The molecule has 0 spiro atoms. The molecule has 1 unspecified atom stereocenters. The van der Waals surface area contributed by atoms with Crippen molar-refractivity contribution in [2.75, 3.05) is 7.05 Å². The summed E-state index contributed by atoms with van der Waals surface area (Å²) in [6.07, 6.45) is -0.101. The Balaban J connectivity index is 2.88. The van der Waals surface area contributed by atoms with Gasteiger partial charge in [0.1, 0.15) is 11.4 Å². The summed E-state index contributed by atoms with van der Waals surface area (Å²) in [6, 6.07) is 4.67. The first-order valence-electron chi connectivity index (χ1n) is 6.91. The van der Waals surface area contributed by atoms with Crippen LogP contribution >= 0.6 is 0 Å². The predicted molar refractivity (Wildman–Crippen MR) is 78.8 cm³/mol. The molecule has 4 nitrogen and oxygen atoms in total. The van der Waals surface area contributed by atoms with Crippen molar-refractivity contribution in [2.45, 2.75) is 45.8 Å². The molecule has 21 heavy (non-hydrogen) atoms. The van der Waals surface area contributed by atoms with Gasteiger partial charge in [0.2, 0.25) is 0 Å². The van der Waals surface area contributed by atoms with Gasteiger partial charge in [-0.15, -0.1) is 0 Å². The number of ketones is 1. The molecule has 1 atom stereocenters. The van der Waals surface area contributed by atoms with E-state index >= 15 is 0 Å². The molecule has 1 amide bonds. The normalized spacial score (nSPS) is 12.7. The number of Topliss-reactive ketones (excluding diaryl/α,β-unsaturated/α-hetero) is 1. The van der Waals surface area contributed by atoms with E-state index in [0.717, 1.165) is 0 Å². The second-order valence-electron chi connectivity index (χ2n) is 5.89. The van der Waals surface area contributed by atoms with E-state index < -0.39 is 23.6 Å². The Bertz CT molecular complexity index is 505. The molecule has 0 heterocycles. The molecule has 0 fully saturated rings. The minimum absolute atomic E-state index is 0.231. The van der Waals surface area contributed by atoms with Gasteiger partial charge in [-0.1, -0.05) is 6.92 Å². The highest BCUT2D eigenvalue weighted by atomic mass is 19.1. The standard InChI is InChI=1S/C16H22FNO3/c1-6-13(18(5)15(20)21-16(2,3)4)14(19)11-7-9-12(17)10-8-11/h7-10,13H,6H2,1-5H3. The Morgan fingerprint density at radius 1 is 1.24 bits per heavy atom. The SMILES string of the molecule is CCC(C(=O)c1ccc(F)cc1)N(C)C(=O)OC(C)(C)C. The summed E-state index contributed by atoms with van der Waals surface area (Å²) in [6.45, 7) is 7.11. The fourth-order valence-corrected chi connectivity index (χ4v) is 1.90. The Morgan fingerprint density at radius 2 is 1.76 bits per heavy atom. The average molecular weight is 295 g/mol. The maximum absolute atomic E-state index is 12.9. The Kier molecular flexibility index (Phi) is 5.47. The molecule has 0 saturated carbocycles. The van der Waals surface area contributed by atoms with Gasteiger partial charge in [-0.2, -0.15) is 0 Å². The van der Waals surface area contributed by atoms with Crippen LogP contribution < -0.4 is 0 Å². The van der Waals surface area contributed by atoms with E-state index in [4.69, 9.17) is 4.74 Å². The first-order valence-corrected chi connectivity index (χ1v) is 6.91. The van der Waals surface area contributed by atoms with Crippen molar-refractivity contribution >= 4 is 11.9 Å². The molecule has 5 heteroatoms. The monoisotopic (exact) mass is 295 g/mol. The van der Waals surface area contributed by atoms with E-state index in [2.05, 4.69) is 0 Å². The Hall–Kier alpha value is -1.91. The number of nitrogens with zero attached hydrogens (tertiary/aromatic N) is 1. The van der Waals surface area contributed by atoms with Crippen LogP contribution in [0.4, 0.5) is 9.18 Å². The lowest BCUT2D eigenvalue weighted by Gasteiger charge is -2.29. The summed E-state index contributed by atoms with van der Waals surface area (Å²) in [5.74, 6) is -0.633. The summed E-state index contributed by atoms with van der Waals surface area (Å²) in [5, 5.41) is 0. The summed E-state index contributed by atoms with van der Waals surface area (Å²) in [4.78, 5) is 25.8. The van der Waals surface area contributed by atoms with Crippen LogP contribution in [-0.4, -0.2) is 35.5 Å². The van der Waals surface area contributed by atoms with E-state index in [9.17, 15) is 14.0 Å². The van der Waals surface area contributed by atoms with Crippen molar-refractivity contribution in [1.29, 1.82) is 0 Å². The highest BCUT2D eigenvalue weighted by Gasteiger charge is 2.29. The highest BCUT2D eigenvalue weighted by molar-refractivity contribution is 6.01. The van der Waals surface area contributed by atoms with Crippen molar-refractivity contribution in [3.05, 3.63) is 35.6 Å². The van der Waals surface area contributed by atoms with Gasteiger partial charge in [-0.05, 0) is 51.5 Å². The van der Waals surface area contributed by atoms with Crippen LogP contribution in [0.25, 0.3) is 0 Å². The minimum Gasteiger partial charge on any atom is -0.444 e. The van der Waals surface area contributed by atoms with Gasteiger partial charge in [-0.3, -0.25) is 4.79 Å². The van der Waals surface area contributed by atoms with Crippen molar-refractivity contribution in [3.8, 4) is 0 Å². The zero-order valence-electron chi connectivity index (χ0n) is 13.1. The third-order valence-electron chi connectivity index (χ3n) is 2.97. The molecule has 1 aromatic rings. The molecular formula is C16H22FNO3. The molecule has 0 radical (unpaired) electrons. The van der Waals surface area contributed by atoms with Crippen LogP contribution in [0, 0.1) is 5.82 Å². The fourth-order valence-electron chi connectivity index (χ4n) is 1.90. The van der Waals surface area contributed by atoms with Crippen molar-refractivity contribution in [3.63, 3.8) is 0 Å². The summed E-state index contributed by atoms with van der Waals surface area (Å²) in [7, 11) is 1.53. The van der Waals surface area contributed by atoms with Crippen molar-refractivity contribution in [2.24, 2.45) is 0 Å². The second-order valence-corrected chi connectivity index (χ2v) is 5.89. The van der Waals surface area contributed by atoms with Gasteiger partial charge in [0.25, 0.3) is 0 Å². The van der Waals surface area contributed by atoms with E-state index in [1.807, 2.05) is 6.92 Å². The molecule has 0 aliphatic rings. The molecule has 1 aromatic carbocycles. The predicted octanol–water partition coefficient (Wildman–Crippen LogP) is 3.65. The van der Waals surface area contributed by atoms with Crippen molar-refractivity contribution < 1.29 is 18.7 Å². The quantitative estimate of drug-likeness (QED) is 0.796. The third kappa shape index (κ3) is 4.85. The number of likely N-dealkylation sites (N-methyl/N-ethyl adjacent to an activating group) is 1. The molecule has 1 rings (SSSR count). The maximum Gasteiger partial charge on any atom is 0.410 e. The number of hydrogen-bond donors (Lipinski definition) is 0. The molecule has 0 saturated heterocycles. The van der Waals surface area contributed by atoms with E-state index in [-0.39, 0.29) is 5.78 Å². The van der Waals surface area contributed by atoms with E-state index in [1.165, 1.54) is 36.2 Å². The number of carbonyl (C=O) groups is 2. The highest BCUT2D eigenvalue weighted by Crippen LogP contribution is 2.16. The summed E-state index contributed by atoms with van der Waals surface area (Å²) in [5.41, 5.74) is -0.249.